The van der Waals surface area contributed by atoms with Crippen LogP contribution in [-0.2, 0) is 22.6 Å². The maximum Gasteiger partial charge on any atom is 0.338 e. The SMILES string of the molecule is CC(C)COC(=O)c1ccc2c(c1)N(C[C@H]1CC[C@@]1(C)C=O)CCCCc1cc(Cl)ccc1CO2. The van der Waals surface area contributed by atoms with Gasteiger partial charge in [-0.05, 0) is 85.4 Å². The average molecular weight is 498 g/mol. The molecule has 0 N–H and O–H groups in total. The molecular formula is C29H36ClNO4. The molecule has 6 heteroatoms. The lowest BCUT2D eigenvalue weighted by Crippen LogP contribution is -2.46. The van der Waals surface area contributed by atoms with E-state index in [1.807, 2.05) is 44.2 Å². The van der Waals surface area contributed by atoms with Gasteiger partial charge in [-0.25, -0.2) is 4.79 Å². The van der Waals surface area contributed by atoms with Crippen molar-refractivity contribution in [3.05, 3.63) is 58.1 Å². The van der Waals surface area contributed by atoms with Gasteiger partial charge < -0.3 is 19.2 Å². The zero-order valence-corrected chi connectivity index (χ0v) is 21.8. The molecule has 0 unspecified atom stereocenters. The Morgan fingerprint density at radius 1 is 1.23 bits per heavy atom. The molecule has 0 aromatic heterocycles. The molecule has 2 aromatic carbocycles. The molecule has 188 valence electrons. The first-order chi connectivity index (χ1) is 16.8. The highest BCUT2D eigenvalue weighted by Gasteiger charge is 2.43. The maximum atomic E-state index is 12.8. The summed E-state index contributed by atoms with van der Waals surface area (Å²) in [6.45, 7) is 8.49. The van der Waals surface area contributed by atoms with Gasteiger partial charge in [0.05, 0.1) is 17.9 Å². The van der Waals surface area contributed by atoms with Crippen molar-refractivity contribution in [2.45, 2.75) is 59.5 Å². The number of halogens is 1. The summed E-state index contributed by atoms with van der Waals surface area (Å²) in [6, 6.07) is 11.5. The maximum absolute atomic E-state index is 12.8. The Labute approximate surface area is 213 Å². The van der Waals surface area contributed by atoms with Crippen molar-refractivity contribution in [1.82, 2.24) is 0 Å². The van der Waals surface area contributed by atoms with Gasteiger partial charge in [-0.3, -0.25) is 0 Å². The smallest absolute Gasteiger partial charge is 0.338 e. The Balaban J connectivity index is 1.66. The number of carbonyl (C=O) groups excluding carboxylic acids is 2. The van der Waals surface area contributed by atoms with E-state index in [1.165, 1.54) is 5.56 Å². The lowest BCUT2D eigenvalue weighted by molar-refractivity contribution is -0.123. The van der Waals surface area contributed by atoms with Crippen molar-refractivity contribution >= 4 is 29.5 Å². The Morgan fingerprint density at radius 3 is 2.77 bits per heavy atom. The van der Waals surface area contributed by atoms with Crippen LogP contribution in [0.4, 0.5) is 5.69 Å². The topological polar surface area (TPSA) is 55.8 Å². The second-order valence-corrected chi connectivity index (χ2v) is 11.1. The fraction of sp³-hybridized carbons (Fsp3) is 0.517. The van der Waals surface area contributed by atoms with E-state index >= 15 is 0 Å². The molecule has 0 radical (unpaired) electrons. The summed E-state index contributed by atoms with van der Waals surface area (Å²) in [4.78, 5) is 26.9. The molecule has 1 saturated carbocycles. The van der Waals surface area contributed by atoms with Gasteiger partial charge in [-0.1, -0.05) is 38.4 Å². The highest BCUT2D eigenvalue weighted by atomic mass is 35.5. The summed E-state index contributed by atoms with van der Waals surface area (Å²) >= 11 is 6.27. The summed E-state index contributed by atoms with van der Waals surface area (Å²) in [5.74, 6) is 0.968. The summed E-state index contributed by atoms with van der Waals surface area (Å²) in [6.07, 6.45) is 6.01. The molecule has 0 saturated heterocycles. The van der Waals surface area contributed by atoms with Crippen molar-refractivity contribution in [3.63, 3.8) is 0 Å². The number of aryl methyl sites for hydroxylation is 1. The number of esters is 1. The van der Waals surface area contributed by atoms with Gasteiger partial charge in [0.2, 0.25) is 0 Å². The van der Waals surface area contributed by atoms with Crippen LogP contribution in [0.15, 0.2) is 36.4 Å². The largest absolute Gasteiger partial charge is 0.487 e. The van der Waals surface area contributed by atoms with Gasteiger partial charge in [-0.2, -0.15) is 0 Å². The Bertz CT molecular complexity index is 1070. The van der Waals surface area contributed by atoms with Crippen molar-refractivity contribution in [2.75, 3.05) is 24.6 Å². The third-order valence-electron chi connectivity index (χ3n) is 7.43. The predicted octanol–water partition coefficient (Wildman–Crippen LogP) is 6.49. The number of rotatable bonds is 6. The van der Waals surface area contributed by atoms with E-state index in [4.69, 9.17) is 21.1 Å². The molecule has 0 bridgehead atoms. The third kappa shape index (κ3) is 6.00. The van der Waals surface area contributed by atoms with E-state index < -0.39 is 0 Å². The predicted molar refractivity (Wildman–Crippen MR) is 139 cm³/mol. The molecular weight excluding hydrogens is 462 g/mol. The van der Waals surface area contributed by atoms with Crippen LogP contribution in [0.2, 0.25) is 5.02 Å². The van der Waals surface area contributed by atoms with Crippen molar-refractivity contribution in [2.24, 2.45) is 17.3 Å². The lowest BCUT2D eigenvalue weighted by Gasteiger charge is -2.46. The van der Waals surface area contributed by atoms with E-state index in [9.17, 15) is 9.59 Å². The Kier molecular flexibility index (Phi) is 8.05. The van der Waals surface area contributed by atoms with E-state index in [0.29, 0.717) is 18.8 Å². The minimum Gasteiger partial charge on any atom is -0.487 e. The summed E-state index contributed by atoms with van der Waals surface area (Å²) in [5.41, 5.74) is 3.47. The zero-order valence-electron chi connectivity index (χ0n) is 21.0. The summed E-state index contributed by atoms with van der Waals surface area (Å²) < 4.78 is 11.9. The highest BCUT2D eigenvalue weighted by molar-refractivity contribution is 6.30. The van der Waals surface area contributed by atoms with E-state index in [1.54, 1.807) is 6.07 Å². The molecule has 1 aliphatic heterocycles. The number of hydrogen-bond acceptors (Lipinski definition) is 5. The molecule has 2 aromatic rings. The molecule has 2 atom stereocenters. The molecule has 35 heavy (non-hydrogen) atoms. The molecule has 0 amide bonds. The number of aldehydes is 1. The lowest BCUT2D eigenvalue weighted by atomic mass is 9.62. The van der Waals surface area contributed by atoms with Gasteiger partial charge in [0, 0.05) is 23.5 Å². The second-order valence-electron chi connectivity index (χ2n) is 10.6. The van der Waals surface area contributed by atoms with Crippen LogP contribution < -0.4 is 9.64 Å². The van der Waals surface area contributed by atoms with Crippen molar-refractivity contribution in [1.29, 1.82) is 0 Å². The molecule has 1 heterocycles. The summed E-state index contributed by atoms with van der Waals surface area (Å²) in [5, 5.41) is 0.739. The first-order valence-corrected chi connectivity index (χ1v) is 13.1. The molecule has 2 aliphatic rings. The average Bonchev–Trinajstić information content (AvgIpc) is 2.87. The van der Waals surface area contributed by atoms with Gasteiger partial charge >= 0.3 is 5.97 Å². The van der Waals surface area contributed by atoms with Gasteiger partial charge in [0.1, 0.15) is 18.6 Å². The van der Waals surface area contributed by atoms with Crippen LogP contribution in [0.5, 0.6) is 5.75 Å². The fourth-order valence-corrected chi connectivity index (χ4v) is 5.11. The van der Waals surface area contributed by atoms with E-state index in [2.05, 4.69) is 11.8 Å². The monoisotopic (exact) mass is 497 g/mol. The molecule has 5 nitrogen and oxygen atoms in total. The Morgan fingerprint density at radius 2 is 2.06 bits per heavy atom. The number of hydrogen-bond donors (Lipinski definition) is 0. The van der Waals surface area contributed by atoms with Crippen LogP contribution in [0.3, 0.4) is 0 Å². The van der Waals surface area contributed by atoms with Crippen LogP contribution in [0, 0.1) is 17.3 Å². The Hall–Kier alpha value is -2.53. The van der Waals surface area contributed by atoms with Gasteiger partial charge in [-0.15, -0.1) is 0 Å². The van der Waals surface area contributed by atoms with Crippen LogP contribution in [0.25, 0.3) is 0 Å². The molecule has 0 spiro atoms. The third-order valence-corrected chi connectivity index (χ3v) is 7.67. The second kappa shape index (κ2) is 11.0. The minimum atomic E-state index is -0.322. The fourth-order valence-electron chi connectivity index (χ4n) is 4.92. The number of ether oxygens (including phenoxy) is 2. The number of carbonyl (C=O) groups is 2. The number of anilines is 1. The van der Waals surface area contributed by atoms with E-state index in [-0.39, 0.29) is 23.2 Å². The quantitative estimate of drug-likeness (QED) is 0.337. The first-order valence-electron chi connectivity index (χ1n) is 12.7. The van der Waals surface area contributed by atoms with Crippen LogP contribution in [-0.4, -0.2) is 32.0 Å². The molecule has 1 fully saturated rings. The van der Waals surface area contributed by atoms with Crippen LogP contribution >= 0.6 is 11.6 Å². The number of nitrogens with zero attached hydrogens (tertiary/aromatic N) is 1. The van der Waals surface area contributed by atoms with Crippen molar-refractivity contribution in [3.8, 4) is 5.75 Å². The van der Waals surface area contributed by atoms with E-state index in [0.717, 1.165) is 73.5 Å². The minimum absolute atomic E-state index is 0.271. The van der Waals surface area contributed by atoms with Crippen LogP contribution in [0.1, 0.15) is 67.9 Å². The number of fused-ring (bicyclic) bond motifs is 2. The van der Waals surface area contributed by atoms with Gasteiger partial charge in [0.25, 0.3) is 0 Å². The standard InChI is InChI=1S/C29H36ClNO4/c1-20(2)17-35-28(33)22-8-10-27-26(15-22)31(16-24-11-12-29(24,3)19-32)13-5-4-6-21-14-25(30)9-7-23(21)18-34-27/h7-10,14-15,19-20,24H,4-6,11-13,16-18H2,1-3H3/t24-,29+/m1/s1. The summed E-state index contributed by atoms with van der Waals surface area (Å²) in [7, 11) is 0. The van der Waals surface area contributed by atoms with Crippen molar-refractivity contribution < 1.29 is 19.1 Å². The van der Waals surface area contributed by atoms with Gasteiger partial charge in [0.15, 0.2) is 0 Å². The zero-order chi connectivity index (χ0) is 25.0. The molecule has 4 rings (SSSR count). The first kappa shape index (κ1) is 25.6. The normalized spacial score (nSPS) is 22.2. The number of benzene rings is 2. The highest BCUT2D eigenvalue weighted by Crippen LogP contribution is 2.46. The molecule has 1 aliphatic carbocycles.